The highest BCUT2D eigenvalue weighted by atomic mass is 127. The molecule has 0 radical (unpaired) electrons. The summed E-state index contributed by atoms with van der Waals surface area (Å²) in [5, 5.41) is 16.9. The van der Waals surface area contributed by atoms with Crippen molar-refractivity contribution < 1.29 is 9.84 Å². The number of benzene rings is 2. The maximum atomic E-state index is 9.88. The molecule has 0 fully saturated rings. The minimum Gasteiger partial charge on any atom is -0.508 e. The summed E-state index contributed by atoms with van der Waals surface area (Å²) in [5.74, 6) is 1.54. The minimum atomic E-state index is 0. The first kappa shape index (κ1) is 20.4. The molecule has 0 heterocycles. The van der Waals surface area contributed by atoms with Crippen molar-refractivity contribution in [3.8, 4) is 11.5 Å². The number of methoxy groups -OCH3 is 1. The third-order valence-electron chi connectivity index (χ3n) is 3.31. The van der Waals surface area contributed by atoms with Gasteiger partial charge in [0.15, 0.2) is 5.96 Å². The predicted octanol–water partition coefficient (Wildman–Crippen LogP) is 3.54. The Balaban J connectivity index is 0.00000288. The van der Waals surface area contributed by atoms with E-state index in [-0.39, 0.29) is 29.7 Å². The van der Waals surface area contributed by atoms with Crippen molar-refractivity contribution in [1.29, 1.82) is 0 Å². The number of nitrogens with zero attached hydrogens (tertiary/aromatic N) is 1. The standard InChI is InChI=1S/C17H20ClN3O2.HI/c1-19-17(20-10-12-4-3-5-14(18)8-12)21-11-13-9-15(23-2)6-7-16(13)22;/h3-9,22H,10-11H2,1-2H3,(H2,19,20,21);1H. The van der Waals surface area contributed by atoms with Crippen LogP contribution in [-0.2, 0) is 13.1 Å². The summed E-state index contributed by atoms with van der Waals surface area (Å²) < 4.78 is 5.16. The molecule has 0 bridgehead atoms. The molecule has 24 heavy (non-hydrogen) atoms. The van der Waals surface area contributed by atoms with E-state index in [0.717, 1.165) is 11.1 Å². The Morgan fingerprint density at radius 1 is 1.17 bits per heavy atom. The van der Waals surface area contributed by atoms with Crippen molar-refractivity contribution in [1.82, 2.24) is 10.6 Å². The third kappa shape index (κ3) is 6.09. The molecule has 0 amide bonds. The Morgan fingerprint density at radius 3 is 2.58 bits per heavy atom. The summed E-state index contributed by atoms with van der Waals surface area (Å²) in [6, 6.07) is 12.7. The monoisotopic (exact) mass is 461 g/mol. The van der Waals surface area contributed by atoms with Gasteiger partial charge in [-0.05, 0) is 35.9 Å². The second-order valence-corrected chi connectivity index (χ2v) is 5.34. The van der Waals surface area contributed by atoms with Gasteiger partial charge in [-0.1, -0.05) is 23.7 Å². The summed E-state index contributed by atoms with van der Waals surface area (Å²) >= 11 is 5.97. The average Bonchev–Trinajstić information content (AvgIpc) is 2.56. The molecule has 0 saturated heterocycles. The van der Waals surface area contributed by atoms with Gasteiger partial charge in [0.05, 0.1) is 7.11 Å². The summed E-state index contributed by atoms with van der Waals surface area (Å²) in [6.07, 6.45) is 0. The number of rotatable bonds is 5. The quantitative estimate of drug-likeness (QED) is 0.362. The second kappa shape index (κ2) is 10.2. The van der Waals surface area contributed by atoms with E-state index in [0.29, 0.717) is 29.8 Å². The van der Waals surface area contributed by atoms with Crippen LogP contribution in [0, 0.1) is 0 Å². The lowest BCUT2D eigenvalue weighted by atomic mass is 10.2. The molecular formula is C17H21ClIN3O2. The molecule has 2 aromatic rings. The lowest BCUT2D eigenvalue weighted by Gasteiger charge is -2.13. The number of aromatic hydroxyl groups is 1. The van der Waals surface area contributed by atoms with Crippen LogP contribution in [-0.4, -0.2) is 25.2 Å². The van der Waals surface area contributed by atoms with Crippen LogP contribution in [0.5, 0.6) is 11.5 Å². The fraction of sp³-hybridized carbons (Fsp3) is 0.235. The van der Waals surface area contributed by atoms with Gasteiger partial charge in [0, 0.05) is 30.7 Å². The minimum absolute atomic E-state index is 0. The van der Waals surface area contributed by atoms with Gasteiger partial charge in [0.25, 0.3) is 0 Å². The molecule has 0 spiro atoms. The summed E-state index contributed by atoms with van der Waals surface area (Å²) in [7, 11) is 3.29. The topological polar surface area (TPSA) is 65.9 Å². The van der Waals surface area contributed by atoms with Gasteiger partial charge in [-0.15, -0.1) is 24.0 Å². The number of guanidine groups is 1. The second-order valence-electron chi connectivity index (χ2n) is 4.90. The van der Waals surface area contributed by atoms with Gasteiger partial charge in [0.1, 0.15) is 11.5 Å². The Morgan fingerprint density at radius 2 is 1.92 bits per heavy atom. The van der Waals surface area contributed by atoms with E-state index in [4.69, 9.17) is 16.3 Å². The van der Waals surface area contributed by atoms with E-state index in [1.807, 2.05) is 24.3 Å². The molecule has 0 aliphatic carbocycles. The molecular weight excluding hydrogens is 441 g/mol. The highest BCUT2D eigenvalue weighted by Gasteiger charge is 2.05. The Labute approximate surface area is 164 Å². The Hall–Kier alpha value is -1.67. The molecule has 130 valence electrons. The van der Waals surface area contributed by atoms with Crippen molar-refractivity contribution in [2.24, 2.45) is 4.99 Å². The number of ether oxygens (including phenoxy) is 1. The van der Waals surface area contributed by atoms with E-state index in [1.165, 1.54) is 0 Å². The number of phenolic OH excluding ortho intramolecular Hbond substituents is 1. The van der Waals surface area contributed by atoms with Crippen LogP contribution in [0.4, 0.5) is 0 Å². The summed E-state index contributed by atoms with van der Waals surface area (Å²) in [4.78, 5) is 4.16. The van der Waals surface area contributed by atoms with Gasteiger partial charge in [-0.3, -0.25) is 4.99 Å². The average molecular weight is 462 g/mol. The number of nitrogens with one attached hydrogen (secondary N) is 2. The van der Waals surface area contributed by atoms with Gasteiger partial charge in [-0.2, -0.15) is 0 Å². The van der Waals surface area contributed by atoms with Crippen molar-refractivity contribution in [3.05, 3.63) is 58.6 Å². The predicted molar refractivity (Wildman–Crippen MR) is 109 cm³/mol. The third-order valence-corrected chi connectivity index (χ3v) is 3.54. The molecule has 3 N–H and O–H groups in total. The molecule has 0 unspecified atom stereocenters. The first-order valence-corrected chi connectivity index (χ1v) is 7.55. The largest absolute Gasteiger partial charge is 0.508 e. The Bertz CT molecular complexity index is 695. The molecule has 0 saturated carbocycles. The lowest BCUT2D eigenvalue weighted by molar-refractivity contribution is 0.410. The van der Waals surface area contributed by atoms with E-state index in [2.05, 4.69) is 15.6 Å². The molecule has 0 atom stereocenters. The smallest absolute Gasteiger partial charge is 0.191 e. The molecule has 0 aliphatic rings. The van der Waals surface area contributed by atoms with Crippen LogP contribution in [0.15, 0.2) is 47.5 Å². The zero-order valence-corrected chi connectivity index (χ0v) is 16.6. The van der Waals surface area contributed by atoms with Crippen LogP contribution < -0.4 is 15.4 Å². The van der Waals surface area contributed by atoms with E-state index < -0.39 is 0 Å². The van der Waals surface area contributed by atoms with Crippen molar-refractivity contribution in [2.75, 3.05) is 14.2 Å². The highest BCUT2D eigenvalue weighted by Crippen LogP contribution is 2.22. The van der Waals surface area contributed by atoms with Gasteiger partial charge >= 0.3 is 0 Å². The number of halogens is 2. The molecule has 2 rings (SSSR count). The normalized spacial score (nSPS) is 10.7. The van der Waals surface area contributed by atoms with Gasteiger partial charge < -0.3 is 20.5 Å². The Kier molecular flexibility index (Phi) is 8.70. The number of hydrogen-bond donors (Lipinski definition) is 3. The SMILES string of the molecule is CN=C(NCc1cccc(Cl)c1)NCc1cc(OC)ccc1O.I. The molecule has 0 aliphatic heterocycles. The highest BCUT2D eigenvalue weighted by molar-refractivity contribution is 14.0. The van der Waals surface area contributed by atoms with E-state index in [1.54, 1.807) is 32.4 Å². The van der Waals surface area contributed by atoms with Crippen LogP contribution in [0.3, 0.4) is 0 Å². The van der Waals surface area contributed by atoms with Crippen LogP contribution >= 0.6 is 35.6 Å². The lowest BCUT2D eigenvalue weighted by Crippen LogP contribution is -2.36. The molecule has 2 aromatic carbocycles. The fourth-order valence-corrected chi connectivity index (χ4v) is 2.28. The zero-order chi connectivity index (χ0) is 16.7. The fourth-order valence-electron chi connectivity index (χ4n) is 2.06. The summed E-state index contributed by atoms with van der Waals surface area (Å²) in [5.41, 5.74) is 1.79. The first-order chi connectivity index (χ1) is 11.1. The van der Waals surface area contributed by atoms with Crippen LogP contribution in [0.1, 0.15) is 11.1 Å². The van der Waals surface area contributed by atoms with Gasteiger partial charge in [-0.25, -0.2) is 0 Å². The molecule has 7 heteroatoms. The van der Waals surface area contributed by atoms with E-state index in [9.17, 15) is 5.11 Å². The molecule has 0 aromatic heterocycles. The number of aliphatic imine (C=N–C) groups is 1. The van der Waals surface area contributed by atoms with Gasteiger partial charge in [0.2, 0.25) is 0 Å². The van der Waals surface area contributed by atoms with Crippen molar-refractivity contribution in [2.45, 2.75) is 13.1 Å². The van der Waals surface area contributed by atoms with E-state index >= 15 is 0 Å². The number of hydrogen-bond acceptors (Lipinski definition) is 3. The molecule has 5 nitrogen and oxygen atoms in total. The number of phenols is 1. The maximum absolute atomic E-state index is 9.88. The van der Waals surface area contributed by atoms with Crippen molar-refractivity contribution in [3.63, 3.8) is 0 Å². The summed E-state index contributed by atoms with van der Waals surface area (Å²) in [6.45, 7) is 1.03. The van der Waals surface area contributed by atoms with Crippen LogP contribution in [0.2, 0.25) is 5.02 Å². The first-order valence-electron chi connectivity index (χ1n) is 7.17. The zero-order valence-electron chi connectivity index (χ0n) is 13.5. The van der Waals surface area contributed by atoms with Crippen molar-refractivity contribution >= 4 is 41.5 Å². The maximum Gasteiger partial charge on any atom is 0.191 e. The van der Waals surface area contributed by atoms with Crippen LogP contribution in [0.25, 0.3) is 0 Å².